The Morgan fingerprint density at radius 1 is 1.26 bits per heavy atom. The van der Waals surface area contributed by atoms with E-state index in [9.17, 15) is 4.79 Å². The van der Waals surface area contributed by atoms with Gasteiger partial charge in [-0.2, -0.15) is 0 Å². The summed E-state index contributed by atoms with van der Waals surface area (Å²) in [6.07, 6.45) is 4.81. The normalized spacial score (nSPS) is 13.0. The van der Waals surface area contributed by atoms with E-state index in [1.54, 1.807) is 6.92 Å². The Morgan fingerprint density at radius 3 is 2.39 bits per heavy atom. The number of rotatable bonds is 7. The van der Waals surface area contributed by atoms with Crippen LogP contribution in [0.5, 0.6) is 0 Å². The molecule has 0 bridgehead atoms. The molecule has 1 aromatic carbocycles. The fourth-order valence-electron chi connectivity index (χ4n) is 1.90. The van der Waals surface area contributed by atoms with Gasteiger partial charge in [0.25, 0.3) is 0 Å². The molecule has 0 heterocycles. The van der Waals surface area contributed by atoms with Crippen molar-refractivity contribution in [1.29, 1.82) is 0 Å². The van der Waals surface area contributed by atoms with E-state index in [1.165, 1.54) is 0 Å². The second kappa shape index (κ2) is 7.89. The predicted octanol–water partition coefficient (Wildman–Crippen LogP) is 5.87. The summed E-state index contributed by atoms with van der Waals surface area (Å²) < 4.78 is 6.36. The third kappa shape index (κ3) is 5.59. The van der Waals surface area contributed by atoms with Crippen molar-refractivity contribution in [3.8, 4) is 0 Å². The highest BCUT2D eigenvalue weighted by Crippen LogP contribution is 2.37. The summed E-state index contributed by atoms with van der Waals surface area (Å²) in [4.78, 5) is 11.6. The van der Waals surface area contributed by atoms with Crippen molar-refractivity contribution >= 4 is 19.7 Å². The van der Waals surface area contributed by atoms with Crippen LogP contribution in [-0.2, 0) is 4.43 Å². The van der Waals surface area contributed by atoms with E-state index in [2.05, 4.69) is 46.5 Å². The lowest BCUT2D eigenvalue weighted by Crippen LogP contribution is -2.41. The zero-order valence-corrected chi connectivity index (χ0v) is 16.4. The summed E-state index contributed by atoms with van der Waals surface area (Å²) in [6, 6.07) is 7.77. The van der Waals surface area contributed by atoms with Gasteiger partial charge in [-0.1, -0.05) is 51.1 Å². The van der Waals surface area contributed by atoms with Crippen LogP contribution in [0.15, 0.2) is 43.0 Å². The van der Waals surface area contributed by atoms with E-state index in [-0.39, 0.29) is 10.8 Å². The third-order valence-corrected chi connectivity index (χ3v) is 9.04. The summed E-state index contributed by atoms with van der Waals surface area (Å²) in [7, 11) is -1.81. The standard InChI is InChI=1S/C20H30O2Si/c1-8-9-11-19(15-22-23(6,7)20(3,4)5)18-13-10-12-17(14-18)16(2)21/h8,10-14H,1,9,15H2,2-7H3/b19-11-. The molecule has 0 aliphatic carbocycles. The number of allylic oxidation sites excluding steroid dienone is 2. The first kappa shape index (κ1) is 19.6. The Bertz CT molecular complexity index is 592. The lowest BCUT2D eigenvalue weighted by molar-refractivity contribution is 0.101. The van der Waals surface area contributed by atoms with E-state index in [0.717, 1.165) is 23.1 Å². The molecule has 23 heavy (non-hydrogen) atoms. The zero-order valence-electron chi connectivity index (χ0n) is 15.4. The van der Waals surface area contributed by atoms with E-state index < -0.39 is 8.32 Å². The Labute approximate surface area is 142 Å². The Balaban J connectivity index is 3.05. The largest absolute Gasteiger partial charge is 0.413 e. The van der Waals surface area contributed by atoms with Gasteiger partial charge in [-0.05, 0) is 48.7 Å². The van der Waals surface area contributed by atoms with Gasteiger partial charge in [0.15, 0.2) is 14.1 Å². The summed E-state index contributed by atoms with van der Waals surface area (Å²) in [5.74, 6) is 0.0836. The molecule has 1 aromatic rings. The number of benzene rings is 1. The molecule has 126 valence electrons. The van der Waals surface area contributed by atoms with Crippen LogP contribution >= 0.6 is 0 Å². The minimum absolute atomic E-state index is 0.0836. The first-order chi connectivity index (χ1) is 10.6. The summed E-state index contributed by atoms with van der Waals surface area (Å²) in [6.45, 7) is 17.2. The van der Waals surface area contributed by atoms with E-state index >= 15 is 0 Å². The maximum absolute atomic E-state index is 11.6. The molecule has 3 heteroatoms. The second-order valence-electron chi connectivity index (χ2n) is 7.44. The van der Waals surface area contributed by atoms with Crippen molar-refractivity contribution in [3.05, 3.63) is 54.1 Å². The second-order valence-corrected chi connectivity index (χ2v) is 12.2. The van der Waals surface area contributed by atoms with Gasteiger partial charge in [-0.3, -0.25) is 4.79 Å². The topological polar surface area (TPSA) is 26.3 Å². The van der Waals surface area contributed by atoms with Crippen molar-refractivity contribution in [2.24, 2.45) is 0 Å². The molecular formula is C20H30O2Si. The first-order valence-corrected chi connectivity index (χ1v) is 11.0. The maximum atomic E-state index is 11.6. The zero-order chi connectivity index (χ0) is 17.7. The van der Waals surface area contributed by atoms with Crippen molar-refractivity contribution in [2.45, 2.75) is 52.2 Å². The van der Waals surface area contributed by atoms with Gasteiger partial charge >= 0.3 is 0 Å². The van der Waals surface area contributed by atoms with Crippen LogP contribution in [0.4, 0.5) is 0 Å². The number of hydrogen-bond acceptors (Lipinski definition) is 2. The molecular weight excluding hydrogens is 300 g/mol. The molecule has 2 nitrogen and oxygen atoms in total. The number of hydrogen-bond donors (Lipinski definition) is 0. The van der Waals surface area contributed by atoms with Crippen LogP contribution in [0.3, 0.4) is 0 Å². The predicted molar refractivity (Wildman–Crippen MR) is 102 cm³/mol. The van der Waals surface area contributed by atoms with Crippen molar-refractivity contribution in [3.63, 3.8) is 0 Å². The first-order valence-electron chi connectivity index (χ1n) is 8.14. The number of carbonyl (C=O) groups is 1. The number of Topliss-reactive ketones (excluding diaryl/α,β-unsaturated/α-hetero) is 1. The van der Waals surface area contributed by atoms with Gasteiger partial charge < -0.3 is 4.43 Å². The highest BCUT2D eigenvalue weighted by Gasteiger charge is 2.37. The van der Waals surface area contributed by atoms with E-state index in [4.69, 9.17) is 4.43 Å². The highest BCUT2D eigenvalue weighted by atomic mass is 28.4. The van der Waals surface area contributed by atoms with Gasteiger partial charge in [0.1, 0.15) is 0 Å². The van der Waals surface area contributed by atoms with Gasteiger partial charge in [0.05, 0.1) is 6.61 Å². The molecule has 0 radical (unpaired) electrons. The van der Waals surface area contributed by atoms with Crippen LogP contribution in [0.1, 0.15) is 50.0 Å². The van der Waals surface area contributed by atoms with Gasteiger partial charge in [0, 0.05) is 5.56 Å². The summed E-state index contributed by atoms with van der Waals surface area (Å²) >= 11 is 0. The lowest BCUT2D eigenvalue weighted by atomic mass is 10.0. The monoisotopic (exact) mass is 330 g/mol. The quantitative estimate of drug-likeness (QED) is 0.355. The molecule has 0 amide bonds. The maximum Gasteiger partial charge on any atom is 0.192 e. The molecule has 0 aliphatic heterocycles. The Hall–Kier alpha value is -1.45. The van der Waals surface area contributed by atoms with Crippen LogP contribution in [0.25, 0.3) is 5.57 Å². The van der Waals surface area contributed by atoms with Crippen molar-refractivity contribution in [1.82, 2.24) is 0 Å². The van der Waals surface area contributed by atoms with Crippen molar-refractivity contribution in [2.75, 3.05) is 6.61 Å². The number of ketones is 1. The summed E-state index contributed by atoms with van der Waals surface area (Å²) in [5, 5.41) is 0.178. The summed E-state index contributed by atoms with van der Waals surface area (Å²) in [5.41, 5.74) is 2.91. The van der Waals surface area contributed by atoms with E-state index in [0.29, 0.717) is 6.61 Å². The molecule has 1 rings (SSSR count). The molecule has 0 atom stereocenters. The van der Waals surface area contributed by atoms with E-state index in [1.807, 2.05) is 30.3 Å². The minimum atomic E-state index is -1.81. The third-order valence-electron chi connectivity index (χ3n) is 4.57. The molecule has 0 spiro atoms. The van der Waals surface area contributed by atoms with Gasteiger partial charge in [-0.15, -0.1) is 6.58 Å². The van der Waals surface area contributed by atoms with Gasteiger partial charge in [0.2, 0.25) is 0 Å². The average molecular weight is 331 g/mol. The smallest absolute Gasteiger partial charge is 0.192 e. The fourth-order valence-corrected chi connectivity index (χ4v) is 2.85. The van der Waals surface area contributed by atoms with Crippen LogP contribution in [0, 0.1) is 0 Å². The molecule has 0 saturated carbocycles. The SMILES string of the molecule is C=CC/C=C(/CO[Si](C)(C)C(C)(C)C)c1cccc(C(C)=O)c1. The van der Waals surface area contributed by atoms with Crippen LogP contribution in [-0.4, -0.2) is 20.7 Å². The average Bonchev–Trinajstić information content (AvgIpc) is 2.46. The van der Waals surface area contributed by atoms with Crippen molar-refractivity contribution < 1.29 is 9.22 Å². The molecule has 0 N–H and O–H groups in total. The Morgan fingerprint density at radius 2 is 1.87 bits per heavy atom. The molecule has 0 unspecified atom stereocenters. The lowest BCUT2D eigenvalue weighted by Gasteiger charge is -2.36. The van der Waals surface area contributed by atoms with Crippen LogP contribution in [0.2, 0.25) is 18.1 Å². The minimum Gasteiger partial charge on any atom is -0.413 e. The van der Waals surface area contributed by atoms with Gasteiger partial charge in [-0.25, -0.2) is 0 Å². The number of carbonyl (C=O) groups excluding carboxylic acids is 1. The molecule has 0 aromatic heterocycles. The van der Waals surface area contributed by atoms with Crippen LogP contribution < -0.4 is 0 Å². The molecule has 0 saturated heterocycles. The molecule has 0 aliphatic rings. The highest BCUT2D eigenvalue weighted by molar-refractivity contribution is 6.74. The Kier molecular flexibility index (Phi) is 6.72. The molecule has 0 fully saturated rings. The fraction of sp³-hybridized carbons (Fsp3) is 0.450.